The molecule has 0 atom stereocenters. The fourth-order valence-corrected chi connectivity index (χ4v) is 4.49. The SMILES string of the molecule is C=C(C)C(=O)OCCC[Si](C)(Cl)Cl.C=CC(=O)OCCC[Si](Cl)(Cl)Cl. The second kappa shape index (κ2) is 14.4. The third-order valence-corrected chi connectivity index (χ3v) is 7.34. The van der Waals surface area contributed by atoms with E-state index in [0.29, 0.717) is 24.6 Å². The number of hydrogen-bond donors (Lipinski definition) is 0. The Morgan fingerprint density at radius 1 is 1.00 bits per heavy atom. The lowest BCUT2D eigenvalue weighted by Gasteiger charge is -2.09. The molecule has 0 aliphatic carbocycles. The van der Waals surface area contributed by atoms with Gasteiger partial charge in [-0.15, -0.1) is 55.4 Å². The number of halogens is 5. The molecule has 0 fully saturated rings. The van der Waals surface area contributed by atoms with Crippen LogP contribution in [0.15, 0.2) is 24.8 Å². The fourth-order valence-electron chi connectivity index (χ4n) is 1.17. The van der Waals surface area contributed by atoms with Gasteiger partial charge in [0, 0.05) is 11.6 Å². The van der Waals surface area contributed by atoms with Crippen molar-refractivity contribution in [2.75, 3.05) is 13.2 Å². The molecular formula is C14H23Cl5O4Si2. The average molecular weight is 489 g/mol. The van der Waals surface area contributed by atoms with E-state index in [4.69, 9.17) is 60.1 Å². The van der Waals surface area contributed by atoms with Gasteiger partial charge in [-0.05, 0) is 38.4 Å². The van der Waals surface area contributed by atoms with Gasteiger partial charge < -0.3 is 9.47 Å². The van der Waals surface area contributed by atoms with Crippen LogP contribution >= 0.6 is 55.4 Å². The van der Waals surface area contributed by atoms with Crippen molar-refractivity contribution >= 4 is 80.0 Å². The number of carbonyl (C=O) groups is 2. The molecule has 146 valence electrons. The van der Waals surface area contributed by atoms with Crippen molar-refractivity contribution < 1.29 is 19.1 Å². The van der Waals surface area contributed by atoms with E-state index in [1.54, 1.807) is 6.92 Å². The van der Waals surface area contributed by atoms with Crippen LogP contribution in [0.5, 0.6) is 0 Å². The predicted octanol–water partition coefficient (Wildman–Crippen LogP) is 5.81. The molecule has 4 nitrogen and oxygen atoms in total. The van der Waals surface area contributed by atoms with Gasteiger partial charge in [0.05, 0.1) is 13.2 Å². The molecular weight excluding hydrogens is 466 g/mol. The maximum atomic E-state index is 10.9. The zero-order valence-electron chi connectivity index (χ0n) is 14.3. The molecule has 0 aromatic carbocycles. The van der Waals surface area contributed by atoms with Gasteiger partial charge in [0.2, 0.25) is 6.69 Å². The van der Waals surface area contributed by atoms with E-state index >= 15 is 0 Å². The van der Waals surface area contributed by atoms with Crippen molar-refractivity contribution in [3.63, 3.8) is 0 Å². The highest BCUT2D eigenvalue weighted by Gasteiger charge is 2.23. The van der Waals surface area contributed by atoms with Gasteiger partial charge in [0.1, 0.15) is 0 Å². The summed E-state index contributed by atoms with van der Waals surface area (Å²) in [4.78, 5) is 21.4. The second-order valence-electron chi connectivity index (χ2n) is 5.18. The van der Waals surface area contributed by atoms with E-state index in [-0.39, 0.29) is 12.6 Å². The van der Waals surface area contributed by atoms with Gasteiger partial charge in [0.25, 0.3) is 0 Å². The van der Waals surface area contributed by atoms with Crippen molar-refractivity contribution in [3.8, 4) is 0 Å². The van der Waals surface area contributed by atoms with Crippen LogP contribution in [0.2, 0.25) is 18.6 Å². The third-order valence-electron chi connectivity index (χ3n) is 2.36. The molecule has 0 aromatic rings. The molecule has 0 unspecified atom stereocenters. The first-order chi connectivity index (χ1) is 11.3. The van der Waals surface area contributed by atoms with Crippen LogP contribution in [0, 0.1) is 0 Å². The standard InChI is InChI=1S/C8H14Cl2O2Si.C6H9Cl3O2Si/c1-7(2)8(11)12-5-4-6-13(3,9)10;1-2-6(10)11-4-3-5-12(7,8)9/h1,4-6H2,2-3H3;2H,1,3-5H2. The Hall–Kier alpha value is 0.304. The summed E-state index contributed by atoms with van der Waals surface area (Å²) in [6, 6.07) is -1.30. The van der Waals surface area contributed by atoms with Crippen LogP contribution in [-0.2, 0) is 19.1 Å². The molecule has 0 saturated heterocycles. The lowest BCUT2D eigenvalue weighted by atomic mass is 10.4. The van der Waals surface area contributed by atoms with Crippen LogP contribution in [0.1, 0.15) is 19.8 Å². The van der Waals surface area contributed by atoms with Crippen LogP contribution < -0.4 is 0 Å². The minimum absolute atomic E-state index is 0.283. The third kappa shape index (κ3) is 24.3. The Morgan fingerprint density at radius 2 is 1.48 bits per heavy atom. The molecule has 0 aromatic heterocycles. The van der Waals surface area contributed by atoms with Crippen molar-refractivity contribution in [2.45, 2.75) is 38.4 Å². The fraction of sp³-hybridized carbons (Fsp3) is 0.571. The smallest absolute Gasteiger partial charge is 0.341 e. The highest BCUT2D eigenvalue weighted by molar-refractivity contribution is 7.64. The zero-order chi connectivity index (χ0) is 20.1. The molecule has 0 aliphatic rings. The van der Waals surface area contributed by atoms with Crippen molar-refractivity contribution in [1.82, 2.24) is 0 Å². The largest absolute Gasteiger partial charge is 0.463 e. The predicted molar refractivity (Wildman–Crippen MR) is 112 cm³/mol. The Labute approximate surface area is 174 Å². The summed E-state index contributed by atoms with van der Waals surface area (Å²) in [7, 11) is 0. The summed E-state index contributed by atoms with van der Waals surface area (Å²) in [5, 5.41) is 0. The summed E-state index contributed by atoms with van der Waals surface area (Å²) in [6.07, 6.45) is 2.41. The quantitative estimate of drug-likeness (QED) is 0.128. The summed E-state index contributed by atoms with van der Waals surface area (Å²) in [6.45, 7) is 8.79. The van der Waals surface area contributed by atoms with Crippen molar-refractivity contribution in [3.05, 3.63) is 24.8 Å². The molecule has 11 heteroatoms. The highest BCUT2D eigenvalue weighted by Crippen LogP contribution is 2.26. The highest BCUT2D eigenvalue weighted by atomic mass is 35.8. The lowest BCUT2D eigenvalue weighted by molar-refractivity contribution is -0.139. The number of carbonyl (C=O) groups excluding carboxylic acids is 2. The normalized spacial score (nSPS) is 11.0. The minimum atomic E-state index is -2.54. The van der Waals surface area contributed by atoms with Gasteiger partial charge in [-0.3, -0.25) is 0 Å². The van der Waals surface area contributed by atoms with Crippen LogP contribution in [0.3, 0.4) is 0 Å². The molecule has 0 amide bonds. The minimum Gasteiger partial charge on any atom is -0.463 e. The number of rotatable bonds is 10. The van der Waals surface area contributed by atoms with Gasteiger partial charge in [0.15, 0.2) is 0 Å². The van der Waals surface area contributed by atoms with Crippen LogP contribution in [0.4, 0.5) is 0 Å². The number of esters is 2. The van der Waals surface area contributed by atoms with Crippen LogP contribution in [-0.4, -0.2) is 37.8 Å². The topological polar surface area (TPSA) is 52.6 Å². The van der Waals surface area contributed by atoms with Gasteiger partial charge in [-0.2, -0.15) is 0 Å². The summed E-state index contributed by atoms with van der Waals surface area (Å²) in [5.74, 6) is -0.798. The van der Waals surface area contributed by atoms with Crippen molar-refractivity contribution in [1.29, 1.82) is 0 Å². The monoisotopic (exact) mass is 486 g/mol. The summed E-state index contributed by atoms with van der Waals surface area (Å²) < 4.78 is 9.54. The number of ether oxygens (including phenoxy) is 2. The molecule has 0 radical (unpaired) electrons. The molecule has 0 rings (SSSR count). The Balaban J connectivity index is 0. The Morgan fingerprint density at radius 3 is 1.88 bits per heavy atom. The lowest BCUT2D eigenvalue weighted by Crippen LogP contribution is -2.14. The van der Waals surface area contributed by atoms with E-state index in [2.05, 4.69) is 17.9 Å². The zero-order valence-corrected chi connectivity index (χ0v) is 20.0. The first-order valence-corrected chi connectivity index (χ1v) is 17.3. The van der Waals surface area contributed by atoms with E-state index in [9.17, 15) is 9.59 Å². The van der Waals surface area contributed by atoms with Crippen molar-refractivity contribution in [2.24, 2.45) is 0 Å². The van der Waals surface area contributed by atoms with Gasteiger partial charge in [-0.25, -0.2) is 9.59 Å². The van der Waals surface area contributed by atoms with E-state index < -0.39 is 18.7 Å². The van der Waals surface area contributed by atoms with Crippen LogP contribution in [0.25, 0.3) is 0 Å². The molecule has 0 bridgehead atoms. The van der Waals surface area contributed by atoms with Gasteiger partial charge >= 0.3 is 17.9 Å². The Kier molecular flexibility index (Phi) is 15.8. The maximum Gasteiger partial charge on any atom is 0.341 e. The van der Waals surface area contributed by atoms with E-state index in [1.165, 1.54) is 0 Å². The Bertz CT molecular complexity index is 447. The maximum absolute atomic E-state index is 10.9. The molecule has 25 heavy (non-hydrogen) atoms. The number of hydrogen-bond acceptors (Lipinski definition) is 4. The van der Waals surface area contributed by atoms with E-state index in [1.807, 2.05) is 6.55 Å². The molecule has 0 aliphatic heterocycles. The molecule has 0 heterocycles. The molecule has 0 N–H and O–H groups in total. The first-order valence-electron chi connectivity index (χ1n) is 7.35. The summed E-state index contributed by atoms with van der Waals surface area (Å²) in [5.41, 5.74) is 0.414. The molecule has 0 spiro atoms. The van der Waals surface area contributed by atoms with Gasteiger partial charge in [-0.1, -0.05) is 13.2 Å². The summed E-state index contributed by atoms with van der Waals surface area (Å²) >= 11 is 28.5. The second-order valence-corrected chi connectivity index (χ2v) is 22.7. The van der Waals surface area contributed by atoms with E-state index in [0.717, 1.165) is 18.5 Å². The molecule has 0 saturated carbocycles. The first kappa shape index (κ1) is 27.5. The average Bonchev–Trinajstić information content (AvgIpc) is 2.46.